The summed E-state index contributed by atoms with van der Waals surface area (Å²) < 4.78 is 0. The van der Waals surface area contributed by atoms with Gasteiger partial charge in [0.1, 0.15) is 0 Å². The molecule has 0 saturated heterocycles. The lowest BCUT2D eigenvalue weighted by Gasteiger charge is -2.31. The number of fused-ring (bicyclic) bond motifs is 31. The Labute approximate surface area is 519 Å². The van der Waals surface area contributed by atoms with Crippen LogP contribution < -0.4 is 0 Å². The number of hydrogen-bond acceptors (Lipinski definition) is 0. The third-order valence-electron chi connectivity index (χ3n) is 22.1. The van der Waals surface area contributed by atoms with Crippen molar-refractivity contribution >= 4 is 10.8 Å². The fourth-order valence-electron chi connectivity index (χ4n) is 18.4. The highest BCUT2D eigenvalue weighted by Crippen LogP contribution is 2.67. The number of hydrogen-bond donors (Lipinski definition) is 0. The van der Waals surface area contributed by atoms with Crippen LogP contribution in [0, 0.1) is 0 Å². The summed E-state index contributed by atoms with van der Waals surface area (Å²) in [6.07, 6.45) is 2.00. The summed E-state index contributed by atoms with van der Waals surface area (Å²) >= 11 is 0. The summed E-state index contributed by atoms with van der Waals surface area (Å²) in [5, 5.41) is 2.63. The van der Waals surface area contributed by atoms with Crippen molar-refractivity contribution in [2.45, 2.75) is 42.9 Å². The van der Waals surface area contributed by atoms with Crippen molar-refractivity contribution in [1.29, 1.82) is 0 Å². The van der Waals surface area contributed by atoms with Gasteiger partial charge in [-0.1, -0.05) is 281 Å². The molecule has 89 heavy (non-hydrogen) atoms. The van der Waals surface area contributed by atoms with E-state index in [0.29, 0.717) is 0 Å². The van der Waals surface area contributed by atoms with Crippen LogP contribution in [-0.2, 0) is 29.1 Å². The quantitative estimate of drug-likeness (QED) is 0.162. The van der Waals surface area contributed by atoms with Gasteiger partial charge in [0.2, 0.25) is 0 Å². The van der Waals surface area contributed by atoms with Gasteiger partial charge in [0.15, 0.2) is 0 Å². The van der Waals surface area contributed by atoms with Crippen LogP contribution in [0.4, 0.5) is 0 Å². The second-order valence-electron chi connectivity index (χ2n) is 26.4. The molecule has 0 bridgehead atoms. The highest BCUT2D eigenvalue weighted by atomic mass is 14.6. The molecule has 0 heterocycles. The highest BCUT2D eigenvalue weighted by molar-refractivity contribution is 6.07. The standard InChI is InChI=1S/C47H32.C42H26/c1-46(2)40-19-8-5-14-33(40)38-27-45-39(26-44(38)46)35-16-7-10-21-42(35)47(45)41-20-9-6-15-34(41)37-25-29(22-23-43(37)47)31-17-11-18-32-30-13-4-3-12-28(30)24-36(31)32;1-3-13-30-26(10-1)20-23-39-41(30)34-16-6-8-19-37(34)42(39)36-18-7-5-15-33(36)35-25-28(21-22-38(35)42)32-17-9-12-29-24-27-11-2-4-14-31(27)40(29)32/h3-23,25-27H,24H2,1-2H3;1-23,25H,24H2. The van der Waals surface area contributed by atoms with Gasteiger partial charge in [-0.2, -0.15) is 0 Å². The molecule has 14 aromatic rings. The second-order valence-corrected chi connectivity index (χ2v) is 26.4. The maximum atomic E-state index is 2.57. The zero-order chi connectivity index (χ0) is 58.5. The van der Waals surface area contributed by atoms with Crippen molar-refractivity contribution in [2.24, 2.45) is 0 Å². The van der Waals surface area contributed by atoms with E-state index >= 15 is 0 Å². The third kappa shape index (κ3) is 6.28. The van der Waals surface area contributed by atoms with Crippen molar-refractivity contribution in [3.63, 3.8) is 0 Å². The molecule has 2 spiro atoms. The van der Waals surface area contributed by atoms with Gasteiger partial charge >= 0.3 is 0 Å². The lowest BCUT2D eigenvalue weighted by molar-refractivity contribution is 0.660. The first-order valence-corrected chi connectivity index (χ1v) is 31.8. The van der Waals surface area contributed by atoms with E-state index in [1.54, 1.807) is 0 Å². The van der Waals surface area contributed by atoms with Crippen LogP contribution in [0.3, 0.4) is 0 Å². The smallest absolute Gasteiger partial charge is 0.0619 e. The molecule has 0 heteroatoms. The van der Waals surface area contributed by atoms with Crippen LogP contribution in [0.1, 0.15) is 91.7 Å². The second kappa shape index (κ2) is 17.8. The Morgan fingerprint density at radius 1 is 0.225 bits per heavy atom. The van der Waals surface area contributed by atoms with E-state index in [1.165, 1.54) is 189 Å². The van der Waals surface area contributed by atoms with E-state index < -0.39 is 0 Å². The van der Waals surface area contributed by atoms with E-state index in [1.807, 2.05) is 0 Å². The number of rotatable bonds is 2. The molecule has 7 aliphatic carbocycles. The maximum Gasteiger partial charge on any atom is 0.0725 e. The van der Waals surface area contributed by atoms with Crippen LogP contribution in [0.2, 0.25) is 0 Å². The molecule has 414 valence electrons. The molecule has 0 N–H and O–H groups in total. The van der Waals surface area contributed by atoms with Crippen molar-refractivity contribution in [3.8, 4) is 100 Å². The molecule has 0 saturated carbocycles. The van der Waals surface area contributed by atoms with Gasteiger partial charge in [-0.25, -0.2) is 0 Å². The first-order chi connectivity index (χ1) is 43.9. The molecule has 2 atom stereocenters. The van der Waals surface area contributed by atoms with Gasteiger partial charge in [-0.05, 0) is 226 Å². The summed E-state index contributed by atoms with van der Waals surface area (Å²) in [5.41, 5.74) is 43.5. The number of benzene rings is 14. The monoisotopic (exact) mass is 1130 g/mol. The molecule has 2 unspecified atom stereocenters. The lowest BCUT2D eigenvalue weighted by Crippen LogP contribution is -2.26. The average molecular weight is 1130 g/mol. The summed E-state index contributed by atoms with van der Waals surface area (Å²) in [6.45, 7) is 4.78. The van der Waals surface area contributed by atoms with Crippen molar-refractivity contribution in [3.05, 3.63) is 369 Å². The van der Waals surface area contributed by atoms with Gasteiger partial charge in [0.25, 0.3) is 0 Å². The molecule has 0 fully saturated rings. The Morgan fingerprint density at radius 3 is 1.31 bits per heavy atom. The Hall–Kier alpha value is -10.7. The largest absolute Gasteiger partial charge is 0.0725 e. The molecule has 21 rings (SSSR count). The predicted molar refractivity (Wildman–Crippen MR) is 368 cm³/mol. The maximum absolute atomic E-state index is 2.57. The van der Waals surface area contributed by atoms with Crippen LogP contribution in [0.25, 0.3) is 111 Å². The zero-order valence-electron chi connectivity index (χ0n) is 49.6. The van der Waals surface area contributed by atoms with Crippen molar-refractivity contribution in [1.82, 2.24) is 0 Å². The topological polar surface area (TPSA) is 0 Å². The average Bonchev–Trinajstić information content (AvgIpc) is 1.52. The van der Waals surface area contributed by atoms with Gasteiger partial charge in [0.05, 0.1) is 10.8 Å². The molecular formula is C89H58. The first kappa shape index (κ1) is 49.5. The minimum absolute atomic E-state index is 0.0400. The first-order valence-electron chi connectivity index (χ1n) is 31.8. The Kier molecular flexibility index (Phi) is 9.86. The Morgan fingerprint density at radius 2 is 0.640 bits per heavy atom. The normalized spacial score (nSPS) is 17.2. The molecule has 7 aliphatic rings. The van der Waals surface area contributed by atoms with Crippen molar-refractivity contribution < 1.29 is 0 Å². The summed E-state index contributed by atoms with van der Waals surface area (Å²) in [4.78, 5) is 0. The molecular weight excluding hydrogens is 1070 g/mol. The third-order valence-corrected chi connectivity index (χ3v) is 22.1. The van der Waals surface area contributed by atoms with Crippen LogP contribution in [-0.4, -0.2) is 0 Å². The van der Waals surface area contributed by atoms with Gasteiger partial charge in [0, 0.05) is 5.41 Å². The van der Waals surface area contributed by atoms with Crippen LogP contribution in [0.15, 0.2) is 291 Å². The summed E-state index contributed by atoms with van der Waals surface area (Å²) in [5.74, 6) is 0. The molecule has 14 aromatic carbocycles. The van der Waals surface area contributed by atoms with Gasteiger partial charge in [-0.3, -0.25) is 0 Å². The van der Waals surface area contributed by atoms with Gasteiger partial charge < -0.3 is 0 Å². The fourth-order valence-corrected chi connectivity index (χ4v) is 18.4. The van der Waals surface area contributed by atoms with E-state index in [4.69, 9.17) is 0 Å². The molecule has 0 nitrogen and oxygen atoms in total. The van der Waals surface area contributed by atoms with E-state index in [9.17, 15) is 0 Å². The molecule has 0 amide bonds. The van der Waals surface area contributed by atoms with Crippen molar-refractivity contribution in [2.75, 3.05) is 0 Å². The Bertz CT molecular complexity index is 5490. The molecule has 0 aromatic heterocycles. The summed E-state index contributed by atoms with van der Waals surface area (Å²) in [7, 11) is 0. The van der Waals surface area contributed by atoms with Crippen LogP contribution in [0.5, 0.6) is 0 Å². The zero-order valence-corrected chi connectivity index (χ0v) is 49.6. The molecule has 0 radical (unpaired) electrons. The SMILES string of the molecule is CC1(C)c2ccccc2-c2cc3c(cc21)-c1ccccc1C31c2ccccc2-c2cc(-c3cccc4c3Cc3ccccc3-4)ccc21.c1ccc2c(c1)Cc1cccc(-c3ccc4c(c3)-c3ccccc3C43c4ccccc4-c4c3ccc3ccccc43)c1-2. The predicted octanol–water partition coefficient (Wildman–Crippen LogP) is 22.0. The van der Waals surface area contributed by atoms with E-state index in [0.717, 1.165) is 12.8 Å². The Balaban J connectivity index is 0.000000126. The van der Waals surface area contributed by atoms with Gasteiger partial charge in [-0.15, -0.1) is 0 Å². The minimum atomic E-state index is -0.359. The van der Waals surface area contributed by atoms with Crippen LogP contribution >= 0.6 is 0 Å². The summed E-state index contributed by atoms with van der Waals surface area (Å²) in [6, 6.07) is 110. The van der Waals surface area contributed by atoms with E-state index in [-0.39, 0.29) is 16.2 Å². The highest BCUT2D eigenvalue weighted by Gasteiger charge is 2.54. The minimum Gasteiger partial charge on any atom is -0.0619 e. The molecule has 0 aliphatic heterocycles. The van der Waals surface area contributed by atoms with E-state index in [2.05, 4.69) is 305 Å². The fraction of sp³-hybridized carbons (Fsp3) is 0.0787. The lowest BCUT2D eigenvalue weighted by atomic mass is 9.70.